The number of nitrogens with one attached hydrogen (secondary N) is 2. The molecule has 3 aliphatic heterocycles. The Bertz CT molecular complexity index is 807. The number of fused-ring (bicyclic) bond motifs is 2. The number of hydrogen-bond donors (Lipinski definition) is 2. The highest BCUT2D eigenvalue weighted by atomic mass is 32.2. The average Bonchev–Trinajstić information content (AvgIpc) is 3.09. The first kappa shape index (κ1) is 16.5. The lowest BCUT2D eigenvalue weighted by Gasteiger charge is -2.20. The molecule has 0 aliphatic carbocycles. The summed E-state index contributed by atoms with van der Waals surface area (Å²) in [6.07, 6.45) is 2.05. The normalized spacial score (nSPS) is 29.0. The van der Waals surface area contributed by atoms with Crippen molar-refractivity contribution in [3.8, 4) is 0 Å². The first-order chi connectivity index (χ1) is 12.0. The summed E-state index contributed by atoms with van der Waals surface area (Å²) >= 11 is 0. The van der Waals surface area contributed by atoms with Gasteiger partial charge in [0.25, 0.3) is 10.0 Å². The summed E-state index contributed by atoms with van der Waals surface area (Å²) in [5.41, 5.74) is 0.534. The monoisotopic (exact) mass is 362 g/mol. The quantitative estimate of drug-likeness (QED) is 0.785. The minimum absolute atomic E-state index is 0.0280. The molecule has 8 heteroatoms. The molecule has 3 heterocycles. The average molecular weight is 362 g/mol. The Hall–Kier alpha value is -1.93. The molecule has 0 aromatic heterocycles. The van der Waals surface area contributed by atoms with Crippen LogP contribution in [-0.4, -0.2) is 57.8 Å². The summed E-state index contributed by atoms with van der Waals surface area (Å²) in [4.78, 5) is 18.9. The molecule has 0 spiro atoms. The number of amides is 1. The Morgan fingerprint density at radius 2 is 1.84 bits per heavy atom. The Labute approximate surface area is 147 Å². The summed E-state index contributed by atoms with van der Waals surface area (Å²) < 4.78 is 26.6. The molecule has 2 N–H and O–H groups in total. The third kappa shape index (κ3) is 3.16. The van der Waals surface area contributed by atoms with E-state index in [2.05, 4.69) is 15.0 Å². The number of amidine groups is 1. The Morgan fingerprint density at radius 3 is 2.56 bits per heavy atom. The van der Waals surface area contributed by atoms with E-state index in [4.69, 9.17) is 0 Å². The van der Waals surface area contributed by atoms with Crippen LogP contribution in [0.25, 0.3) is 0 Å². The van der Waals surface area contributed by atoms with Crippen LogP contribution in [0, 0.1) is 11.8 Å². The molecule has 4 rings (SSSR count). The van der Waals surface area contributed by atoms with Crippen molar-refractivity contribution in [2.75, 3.05) is 32.7 Å². The summed E-state index contributed by atoms with van der Waals surface area (Å²) in [5, 5.41) is 3.42. The summed E-state index contributed by atoms with van der Waals surface area (Å²) in [6, 6.07) is 6.69. The van der Waals surface area contributed by atoms with E-state index in [1.54, 1.807) is 24.3 Å². The molecule has 0 radical (unpaired) electrons. The number of likely N-dealkylation sites (tertiary alicyclic amines) is 1. The van der Waals surface area contributed by atoms with Crippen molar-refractivity contribution in [3.05, 3.63) is 29.8 Å². The summed E-state index contributed by atoms with van der Waals surface area (Å²) in [7, 11) is -3.56. The van der Waals surface area contributed by atoms with E-state index in [1.807, 2.05) is 4.90 Å². The van der Waals surface area contributed by atoms with Gasteiger partial charge in [-0.05, 0) is 49.9 Å². The number of aliphatic imine (C=N–C) groups is 1. The molecule has 1 amide bonds. The van der Waals surface area contributed by atoms with Crippen molar-refractivity contribution >= 4 is 21.8 Å². The third-order valence-corrected chi connectivity index (χ3v) is 6.80. The second kappa shape index (κ2) is 6.42. The molecule has 2 fully saturated rings. The fourth-order valence-electron chi connectivity index (χ4n) is 3.97. The van der Waals surface area contributed by atoms with E-state index < -0.39 is 10.0 Å². The first-order valence-electron chi connectivity index (χ1n) is 8.70. The molecule has 134 valence electrons. The Balaban J connectivity index is 1.44. The van der Waals surface area contributed by atoms with Gasteiger partial charge in [-0.1, -0.05) is 12.1 Å². The number of benzene rings is 1. The summed E-state index contributed by atoms with van der Waals surface area (Å²) in [5.74, 6) is 1.55. The van der Waals surface area contributed by atoms with Crippen LogP contribution in [0.3, 0.4) is 0 Å². The predicted molar refractivity (Wildman–Crippen MR) is 93.8 cm³/mol. The van der Waals surface area contributed by atoms with Gasteiger partial charge >= 0.3 is 0 Å². The van der Waals surface area contributed by atoms with Crippen LogP contribution in [0.1, 0.15) is 18.4 Å². The van der Waals surface area contributed by atoms with Gasteiger partial charge in [0.15, 0.2) is 0 Å². The molecule has 2 atom stereocenters. The minimum atomic E-state index is -3.56. The van der Waals surface area contributed by atoms with Gasteiger partial charge in [-0.2, -0.15) is 0 Å². The lowest BCUT2D eigenvalue weighted by atomic mass is 9.92. The van der Waals surface area contributed by atoms with E-state index in [0.29, 0.717) is 17.4 Å². The first-order valence-corrected chi connectivity index (χ1v) is 10.2. The number of carbonyl (C=O) groups is 1. The Morgan fingerprint density at radius 1 is 1.16 bits per heavy atom. The molecule has 25 heavy (non-hydrogen) atoms. The topological polar surface area (TPSA) is 90.9 Å². The van der Waals surface area contributed by atoms with Crippen LogP contribution in [0.15, 0.2) is 34.2 Å². The number of carbonyl (C=O) groups excluding carboxylic acids is 1. The van der Waals surface area contributed by atoms with Crippen molar-refractivity contribution in [2.24, 2.45) is 16.8 Å². The molecule has 0 bridgehead atoms. The van der Waals surface area contributed by atoms with Gasteiger partial charge in [-0.15, -0.1) is 0 Å². The van der Waals surface area contributed by atoms with Crippen LogP contribution < -0.4 is 10.0 Å². The zero-order valence-electron chi connectivity index (χ0n) is 13.9. The SMILES string of the molecule is O=C(CN=C1NS(=O)(=O)c2ccccc21)N1CC[C@@H]2CNC[C@@H]2CC1. The largest absolute Gasteiger partial charge is 0.341 e. The lowest BCUT2D eigenvalue weighted by Crippen LogP contribution is -2.35. The van der Waals surface area contributed by atoms with Crippen LogP contribution in [0.4, 0.5) is 0 Å². The molecule has 0 unspecified atom stereocenters. The predicted octanol–water partition coefficient (Wildman–Crippen LogP) is 0.183. The van der Waals surface area contributed by atoms with Crippen LogP contribution in [0.2, 0.25) is 0 Å². The van der Waals surface area contributed by atoms with Crippen molar-refractivity contribution in [1.82, 2.24) is 14.9 Å². The zero-order chi connectivity index (χ0) is 17.4. The van der Waals surface area contributed by atoms with Gasteiger partial charge in [0.05, 0.1) is 4.90 Å². The van der Waals surface area contributed by atoms with Gasteiger partial charge < -0.3 is 10.2 Å². The fraction of sp³-hybridized carbons (Fsp3) is 0.529. The highest BCUT2D eigenvalue weighted by molar-refractivity contribution is 7.90. The van der Waals surface area contributed by atoms with E-state index in [9.17, 15) is 13.2 Å². The van der Waals surface area contributed by atoms with Crippen molar-refractivity contribution in [3.63, 3.8) is 0 Å². The van der Waals surface area contributed by atoms with Gasteiger partial charge in [0, 0.05) is 18.7 Å². The zero-order valence-corrected chi connectivity index (χ0v) is 14.8. The number of rotatable bonds is 2. The molecular formula is C17H22N4O3S. The molecule has 1 aromatic rings. The highest BCUT2D eigenvalue weighted by Gasteiger charge is 2.32. The van der Waals surface area contributed by atoms with Gasteiger partial charge in [0.2, 0.25) is 5.91 Å². The maximum Gasteiger partial charge on any atom is 0.263 e. The Kier molecular flexibility index (Phi) is 4.24. The van der Waals surface area contributed by atoms with E-state index in [-0.39, 0.29) is 23.2 Å². The minimum Gasteiger partial charge on any atom is -0.341 e. The van der Waals surface area contributed by atoms with Gasteiger partial charge in [-0.3, -0.25) is 14.5 Å². The molecule has 7 nitrogen and oxygen atoms in total. The van der Waals surface area contributed by atoms with Gasteiger partial charge in [-0.25, -0.2) is 8.42 Å². The lowest BCUT2D eigenvalue weighted by molar-refractivity contribution is -0.129. The molecule has 0 saturated carbocycles. The molecule has 1 aromatic carbocycles. The molecule has 3 aliphatic rings. The maximum absolute atomic E-state index is 12.5. The third-order valence-electron chi connectivity index (χ3n) is 5.41. The van der Waals surface area contributed by atoms with E-state index in [0.717, 1.165) is 39.0 Å². The van der Waals surface area contributed by atoms with Crippen molar-refractivity contribution in [2.45, 2.75) is 17.7 Å². The molecule has 2 saturated heterocycles. The van der Waals surface area contributed by atoms with Crippen LogP contribution in [-0.2, 0) is 14.8 Å². The second-order valence-electron chi connectivity index (χ2n) is 6.90. The second-order valence-corrected chi connectivity index (χ2v) is 8.55. The summed E-state index contributed by atoms with van der Waals surface area (Å²) in [6.45, 7) is 3.59. The van der Waals surface area contributed by atoms with Crippen LogP contribution in [0.5, 0.6) is 0 Å². The van der Waals surface area contributed by atoms with Crippen LogP contribution >= 0.6 is 0 Å². The smallest absolute Gasteiger partial charge is 0.263 e. The van der Waals surface area contributed by atoms with E-state index >= 15 is 0 Å². The number of sulfonamides is 1. The maximum atomic E-state index is 12.5. The number of nitrogens with zero attached hydrogens (tertiary/aromatic N) is 2. The molecular weight excluding hydrogens is 340 g/mol. The highest BCUT2D eigenvalue weighted by Crippen LogP contribution is 2.27. The van der Waals surface area contributed by atoms with E-state index in [1.165, 1.54) is 0 Å². The van der Waals surface area contributed by atoms with Crippen molar-refractivity contribution < 1.29 is 13.2 Å². The standard InChI is InChI=1S/C17H22N4O3S/c22-16(21-7-5-12-9-18-10-13(12)6-8-21)11-19-17-14-3-1-2-4-15(14)25(23,24)20-17/h1-4,12-13,18H,5-11H2,(H,19,20)/t12-,13+. The van der Waals surface area contributed by atoms with Crippen molar-refractivity contribution in [1.29, 1.82) is 0 Å². The number of hydrogen-bond acceptors (Lipinski definition) is 5. The fourth-order valence-corrected chi connectivity index (χ4v) is 5.22. The van der Waals surface area contributed by atoms with Gasteiger partial charge in [0.1, 0.15) is 12.4 Å².